The van der Waals surface area contributed by atoms with E-state index in [1.165, 1.54) is 22.8 Å². The van der Waals surface area contributed by atoms with Gasteiger partial charge in [-0.15, -0.1) is 0 Å². The first kappa shape index (κ1) is 26.8. The number of phenols is 1. The number of rotatable bonds is 8. The predicted octanol–water partition coefficient (Wildman–Crippen LogP) is 7.16. The Balaban J connectivity index is 1.69. The summed E-state index contributed by atoms with van der Waals surface area (Å²) in [5, 5.41) is 22.8. The molecule has 1 unspecified atom stereocenters. The molecule has 0 fully saturated rings. The van der Waals surface area contributed by atoms with Crippen LogP contribution in [0.5, 0.6) is 11.6 Å². The topological polar surface area (TPSA) is 84.6 Å². The molecule has 0 amide bonds. The summed E-state index contributed by atoms with van der Waals surface area (Å²) in [6, 6.07) is 11.2. The lowest BCUT2D eigenvalue weighted by molar-refractivity contribution is 0.330. The number of hydrogen-bond donors (Lipinski definition) is 2. The zero-order chi connectivity index (χ0) is 27.9. The molecule has 0 aliphatic carbocycles. The second-order valence-electron chi connectivity index (χ2n) is 9.47. The number of halogens is 3. The zero-order valence-electron chi connectivity index (χ0n) is 21.3. The van der Waals surface area contributed by atoms with Crippen molar-refractivity contribution in [1.82, 2.24) is 9.55 Å². The van der Waals surface area contributed by atoms with Crippen LogP contribution in [0.3, 0.4) is 0 Å². The first-order valence-electron chi connectivity index (χ1n) is 12.3. The quantitative estimate of drug-likeness (QED) is 0.199. The maximum Gasteiger partial charge on any atom is 0.211 e. The van der Waals surface area contributed by atoms with Crippen molar-refractivity contribution in [2.75, 3.05) is 6.61 Å². The van der Waals surface area contributed by atoms with Gasteiger partial charge in [-0.1, -0.05) is 18.2 Å². The Hall–Kier alpha value is -3.81. The molecule has 39 heavy (non-hydrogen) atoms. The van der Waals surface area contributed by atoms with Crippen LogP contribution in [0.2, 0.25) is 0 Å². The Kier molecular flexibility index (Phi) is 7.14. The van der Waals surface area contributed by atoms with E-state index < -0.39 is 25.2 Å². The van der Waals surface area contributed by atoms with E-state index >= 15 is 0 Å². The van der Waals surface area contributed by atoms with Crippen LogP contribution < -0.4 is 0 Å². The number of phenolic OH excluding ortho intramolecular Hbond substituents is 1. The molecular formula is C29H26F3N2O4P. The van der Waals surface area contributed by atoms with Gasteiger partial charge in [0, 0.05) is 35.8 Å². The van der Waals surface area contributed by atoms with Crippen LogP contribution in [0.15, 0.2) is 60.9 Å². The van der Waals surface area contributed by atoms with E-state index in [0.717, 1.165) is 23.3 Å². The fourth-order valence-corrected chi connectivity index (χ4v) is 7.29. The van der Waals surface area contributed by atoms with Gasteiger partial charge in [-0.05, 0) is 60.4 Å². The van der Waals surface area contributed by atoms with Crippen LogP contribution >= 0.6 is 7.37 Å². The van der Waals surface area contributed by atoms with Crippen LogP contribution in [0.1, 0.15) is 29.2 Å². The molecular weight excluding hydrogens is 528 g/mol. The van der Waals surface area contributed by atoms with Crippen LogP contribution in [0, 0.1) is 17.5 Å². The average Bonchev–Trinajstić information content (AvgIpc) is 3.20. The van der Waals surface area contributed by atoms with E-state index in [-0.39, 0.29) is 46.7 Å². The van der Waals surface area contributed by atoms with Gasteiger partial charge in [0.2, 0.25) is 13.2 Å². The first-order valence-corrected chi connectivity index (χ1v) is 14.3. The Morgan fingerprint density at radius 1 is 0.949 bits per heavy atom. The molecule has 0 spiro atoms. The standard InChI is InChI=1S/C29H26F3N2O4P/c1-3-38-39(37,16-23-24(31)5-4-6-25(23)32)15-22-20-12-18(11-17-7-9-19(30)10-8-17)13-33-27(20)28(35)26-21(22)14-34(2)29(26)36/h4-10,12-14,35-36H,3,11,15-16H2,1-2H3. The average molecular weight is 555 g/mol. The van der Waals surface area contributed by atoms with Gasteiger partial charge >= 0.3 is 0 Å². The van der Waals surface area contributed by atoms with Crippen LogP contribution in [0.4, 0.5) is 13.2 Å². The summed E-state index contributed by atoms with van der Waals surface area (Å²) in [5.74, 6) is -2.46. The van der Waals surface area contributed by atoms with Crippen molar-refractivity contribution >= 4 is 29.0 Å². The number of aromatic nitrogens is 2. The monoisotopic (exact) mass is 554 g/mol. The number of fused-ring (bicyclic) bond motifs is 2. The molecule has 6 nitrogen and oxygen atoms in total. The van der Waals surface area contributed by atoms with Crippen molar-refractivity contribution in [2.24, 2.45) is 7.05 Å². The molecule has 5 aromatic rings. The molecule has 0 radical (unpaired) electrons. The third kappa shape index (κ3) is 5.12. The highest BCUT2D eigenvalue weighted by atomic mass is 31.2. The van der Waals surface area contributed by atoms with Crippen LogP contribution in [0.25, 0.3) is 21.7 Å². The predicted molar refractivity (Wildman–Crippen MR) is 144 cm³/mol. The number of aromatic hydroxyl groups is 2. The van der Waals surface area contributed by atoms with Gasteiger partial charge in [-0.25, -0.2) is 13.2 Å². The lowest BCUT2D eigenvalue weighted by atomic mass is 9.99. The van der Waals surface area contributed by atoms with E-state index in [1.54, 1.807) is 44.6 Å². The molecule has 0 aliphatic heterocycles. The maximum atomic E-state index is 14.5. The van der Waals surface area contributed by atoms with Gasteiger partial charge in [0.05, 0.1) is 24.3 Å². The highest BCUT2D eigenvalue weighted by Gasteiger charge is 2.31. The number of benzene rings is 3. The summed E-state index contributed by atoms with van der Waals surface area (Å²) in [5.41, 5.74) is 1.86. The minimum absolute atomic E-state index is 0.0423. The van der Waals surface area contributed by atoms with Gasteiger partial charge in [-0.2, -0.15) is 0 Å². The smallest absolute Gasteiger partial charge is 0.211 e. The van der Waals surface area contributed by atoms with E-state index in [9.17, 15) is 27.9 Å². The summed E-state index contributed by atoms with van der Waals surface area (Å²) in [6.45, 7) is 1.69. The Morgan fingerprint density at radius 3 is 2.28 bits per heavy atom. The SMILES string of the molecule is CCOP(=O)(Cc1c(F)cccc1F)Cc1c2cc(Cc3ccc(F)cc3)cnc2c(O)c2c(O)n(C)cc12. The fourth-order valence-electron chi connectivity index (χ4n) is 4.92. The van der Waals surface area contributed by atoms with Crippen molar-refractivity contribution in [3.8, 4) is 11.6 Å². The molecule has 0 saturated heterocycles. The lowest BCUT2D eigenvalue weighted by Gasteiger charge is -2.21. The molecule has 5 rings (SSSR count). The van der Waals surface area contributed by atoms with Crippen LogP contribution in [-0.4, -0.2) is 26.4 Å². The molecule has 2 heterocycles. The lowest BCUT2D eigenvalue weighted by Crippen LogP contribution is -2.03. The third-order valence-corrected chi connectivity index (χ3v) is 9.08. The fraction of sp³-hybridized carbons (Fsp3) is 0.207. The van der Waals surface area contributed by atoms with Gasteiger partial charge < -0.3 is 19.3 Å². The molecule has 202 valence electrons. The summed E-state index contributed by atoms with van der Waals surface area (Å²) < 4.78 is 63.8. The summed E-state index contributed by atoms with van der Waals surface area (Å²) >= 11 is 0. The van der Waals surface area contributed by atoms with Crippen molar-refractivity contribution in [3.05, 3.63) is 101 Å². The maximum absolute atomic E-state index is 14.5. The van der Waals surface area contributed by atoms with E-state index in [0.29, 0.717) is 22.8 Å². The molecule has 2 aromatic heterocycles. The van der Waals surface area contributed by atoms with E-state index in [2.05, 4.69) is 4.98 Å². The van der Waals surface area contributed by atoms with Crippen molar-refractivity contribution < 1.29 is 32.5 Å². The molecule has 2 N–H and O–H groups in total. The van der Waals surface area contributed by atoms with E-state index in [1.807, 2.05) is 0 Å². The summed E-state index contributed by atoms with van der Waals surface area (Å²) in [7, 11) is -2.17. The molecule has 10 heteroatoms. The minimum atomic E-state index is -3.76. The molecule has 0 bridgehead atoms. The van der Waals surface area contributed by atoms with Crippen molar-refractivity contribution in [3.63, 3.8) is 0 Å². The summed E-state index contributed by atoms with van der Waals surface area (Å²) in [6.07, 6.45) is 2.85. The van der Waals surface area contributed by atoms with Gasteiger partial charge in [0.15, 0.2) is 5.75 Å². The van der Waals surface area contributed by atoms with Gasteiger partial charge in [0.1, 0.15) is 23.0 Å². The number of pyridine rings is 1. The summed E-state index contributed by atoms with van der Waals surface area (Å²) in [4.78, 5) is 4.45. The van der Waals surface area contributed by atoms with E-state index in [4.69, 9.17) is 4.52 Å². The highest BCUT2D eigenvalue weighted by molar-refractivity contribution is 7.57. The Bertz CT molecular complexity index is 1730. The largest absolute Gasteiger partial charge is 0.505 e. The normalized spacial score (nSPS) is 13.3. The number of nitrogens with zero attached hydrogens (tertiary/aromatic N) is 2. The Labute approximate surface area is 222 Å². The van der Waals surface area contributed by atoms with Crippen molar-refractivity contribution in [2.45, 2.75) is 25.7 Å². The Morgan fingerprint density at radius 2 is 1.62 bits per heavy atom. The second-order valence-corrected chi connectivity index (χ2v) is 12.0. The molecule has 1 atom stereocenters. The minimum Gasteiger partial charge on any atom is -0.505 e. The zero-order valence-corrected chi connectivity index (χ0v) is 22.2. The van der Waals surface area contributed by atoms with Crippen molar-refractivity contribution in [1.29, 1.82) is 0 Å². The number of hydrogen-bond acceptors (Lipinski definition) is 5. The molecule has 3 aromatic carbocycles. The first-order chi connectivity index (χ1) is 18.6. The third-order valence-electron chi connectivity index (χ3n) is 6.75. The van der Waals surface area contributed by atoms with Gasteiger partial charge in [0.25, 0.3) is 0 Å². The molecule has 0 aliphatic rings. The molecule has 0 saturated carbocycles. The van der Waals surface area contributed by atoms with Crippen LogP contribution in [-0.2, 0) is 34.9 Å². The highest BCUT2D eigenvalue weighted by Crippen LogP contribution is 2.56. The second kappa shape index (κ2) is 10.4. The number of aryl methyl sites for hydroxylation is 1. The van der Waals surface area contributed by atoms with Gasteiger partial charge in [-0.3, -0.25) is 9.55 Å².